The predicted molar refractivity (Wildman–Crippen MR) is 58.4 cm³/mol. The highest BCUT2D eigenvalue weighted by Gasteiger charge is 2.19. The van der Waals surface area contributed by atoms with E-state index >= 15 is 0 Å². The lowest BCUT2D eigenvalue weighted by atomic mass is 10.4. The number of hydrogen-bond acceptors (Lipinski definition) is 5. The van der Waals surface area contributed by atoms with Gasteiger partial charge in [-0.05, 0) is 0 Å². The van der Waals surface area contributed by atoms with Crippen LogP contribution in [-0.4, -0.2) is 23.3 Å². The largest absolute Gasteiger partial charge is 0.385 e. The quantitative estimate of drug-likeness (QED) is 0.476. The molecule has 0 aliphatic carbocycles. The molecular weight excluding hydrogens is 242 g/mol. The summed E-state index contributed by atoms with van der Waals surface area (Å²) in [5.74, 6) is -0.116. The molecule has 6 nitrogen and oxygen atoms in total. The lowest BCUT2D eigenvalue weighted by molar-refractivity contribution is -0.383. The van der Waals surface area contributed by atoms with Crippen molar-refractivity contribution >= 4 is 39.5 Å². The molecule has 1 aromatic rings. The van der Waals surface area contributed by atoms with E-state index in [1.54, 1.807) is 0 Å². The Hall–Kier alpha value is -1.34. The Morgan fingerprint density at radius 1 is 1.73 bits per heavy atom. The molecule has 0 radical (unpaired) electrons. The van der Waals surface area contributed by atoms with Gasteiger partial charge in [0.15, 0.2) is 5.00 Å². The molecule has 1 rings (SSSR count). The van der Waals surface area contributed by atoms with Gasteiger partial charge < -0.3 is 11.1 Å². The number of amides is 1. The highest BCUT2D eigenvalue weighted by atomic mass is 35.5. The van der Waals surface area contributed by atoms with E-state index in [-0.39, 0.29) is 21.4 Å². The molecule has 3 N–H and O–H groups in total. The van der Waals surface area contributed by atoms with Crippen molar-refractivity contribution in [1.29, 1.82) is 0 Å². The maximum atomic E-state index is 11.4. The zero-order valence-electron chi connectivity index (χ0n) is 7.53. The third kappa shape index (κ3) is 2.80. The lowest BCUT2D eigenvalue weighted by Crippen LogP contribution is -2.24. The summed E-state index contributed by atoms with van der Waals surface area (Å²) in [4.78, 5) is 21.4. The maximum Gasteiger partial charge on any atom is 0.304 e. The normalized spacial score (nSPS) is 9.93. The Morgan fingerprint density at radius 3 is 2.87 bits per heavy atom. The average molecular weight is 250 g/mol. The van der Waals surface area contributed by atoms with Crippen LogP contribution in [0, 0.1) is 10.1 Å². The molecule has 1 aromatic heterocycles. The van der Waals surface area contributed by atoms with Gasteiger partial charge in [-0.2, -0.15) is 0 Å². The second kappa shape index (κ2) is 4.94. The first kappa shape index (κ1) is 11.7. The number of nitrogens with zero attached hydrogens (tertiary/aromatic N) is 1. The van der Waals surface area contributed by atoms with Crippen molar-refractivity contribution in [3.8, 4) is 0 Å². The van der Waals surface area contributed by atoms with E-state index in [1.165, 1.54) is 0 Å². The van der Waals surface area contributed by atoms with Gasteiger partial charge in [0.1, 0.15) is 4.88 Å². The summed E-state index contributed by atoms with van der Waals surface area (Å²) in [6.07, 6.45) is 0. The standard InChI is InChI=1S/C7H8ClN3O3S/c8-1-2-10-7(12)5-3-4(11(13)14)6(9)15-5/h3H,1-2,9H2,(H,10,12). The fourth-order valence-corrected chi connectivity index (χ4v) is 1.80. The molecular formula is C7H8ClN3O3S. The number of rotatable bonds is 4. The zero-order chi connectivity index (χ0) is 11.4. The summed E-state index contributed by atoms with van der Waals surface area (Å²) < 4.78 is 0. The average Bonchev–Trinajstić information content (AvgIpc) is 2.56. The van der Waals surface area contributed by atoms with Gasteiger partial charge >= 0.3 is 5.69 Å². The van der Waals surface area contributed by atoms with Gasteiger partial charge in [0.25, 0.3) is 5.91 Å². The van der Waals surface area contributed by atoms with Crippen molar-refractivity contribution in [2.24, 2.45) is 0 Å². The molecule has 0 bridgehead atoms. The third-order valence-electron chi connectivity index (χ3n) is 1.54. The van der Waals surface area contributed by atoms with E-state index in [0.717, 1.165) is 17.4 Å². The van der Waals surface area contributed by atoms with E-state index in [0.29, 0.717) is 6.54 Å². The second-order valence-corrected chi connectivity index (χ2v) is 4.02. The summed E-state index contributed by atoms with van der Waals surface area (Å²) >= 11 is 6.26. The van der Waals surface area contributed by atoms with Gasteiger partial charge in [0.05, 0.1) is 4.92 Å². The molecule has 82 valence electrons. The number of hydrogen-bond donors (Lipinski definition) is 2. The number of carbonyl (C=O) groups is 1. The Morgan fingerprint density at radius 2 is 2.40 bits per heavy atom. The molecule has 0 aromatic carbocycles. The first-order valence-electron chi connectivity index (χ1n) is 3.94. The number of thiophene rings is 1. The number of nitrogen functional groups attached to an aromatic ring is 1. The van der Waals surface area contributed by atoms with Gasteiger partial charge in [-0.1, -0.05) is 0 Å². The van der Waals surface area contributed by atoms with Gasteiger partial charge in [0.2, 0.25) is 0 Å². The molecule has 0 aliphatic heterocycles. The van der Waals surface area contributed by atoms with Gasteiger partial charge in [0, 0.05) is 18.5 Å². The molecule has 0 unspecified atom stereocenters. The second-order valence-electron chi connectivity index (χ2n) is 2.56. The number of carbonyl (C=O) groups excluding carboxylic acids is 1. The number of nitrogens with one attached hydrogen (secondary N) is 1. The fourth-order valence-electron chi connectivity index (χ4n) is 0.898. The first-order chi connectivity index (χ1) is 7.06. The third-order valence-corrected chi connectivity index (χ3v) is 2.68. The molecule has 15 heavy (non-hydrogen) atoms. The van der Waals surface area contributed by atoms with E-state index in [4.69, 9.17) is 17.3 Å². The minimum atomic E-state index is -0.621. The summed E-state index contributed by atoms with van der Waals surface area (Å²) in [6.45, 7) is 0.311. The monoisotopic (exact) mass is 249 g/mol. The molecule has 8 heteroatoms. The highest BCUT2D eigenvalue weighted by molar-refractivity contribution is 7.18. The van der Waals surface area contributed by atoms with Crippen LogP contribution in [0.15, 0.2) is 6.07 Å². The van der Waals surface area contributed by atoms with Crippen molar-refractivity contribution in [3.05, 3.63) is 21.1 Å². The predicted octanol–water partition coefficient (Wildman–Crippen LogP) is 1.21. The van der Waals surface area contributed by atoms with Crippen molar-refractivity contribution in [2.45, 2.75) is 0 Å². The van der Waals surface area contributed by atoms with Crippen molar-refractivity contribution in [1.82, 2.24) is 5.32 Å². The van der Waals surface area contributed by atoms with Crippen LogP contribution in [0.25, 0.3) is 0 Å². The summed E-state index contributed by atoms with van der Waals surface area (Å²) in [7, 11) is 0. The van der Waals surface area contributed by atoms with Crippen LogP contribution in [0.4, 0.5) is 10.7 Å². The molecule has 1 amide bonds. The van der Waals surface area contributed by atoms with Crippen molar-refractivity contribution in [3.63, 3.8) is 0 Å². The van der Waals surface area contributed by atoms with Crippen LogP contribution < -0.4 is 11.1 Å². The van der Waals surface area contributed by atoms with Crippen LogP contribution in [-0.2, 0) is 0 Å². The van der Waals surface area contributed by atoms with Crippen LogP contribution >= 0.6 is 22.9 Å². The Labute approximate surface area is 94.2 Å². The number of alkyl halides is 1. The SMILES string of the molecule is Nc1sc(C(=O)NCCCl)cc1[N+](=O)[O-]. The highest BCUT2D eigenvalue weighted by Crippen LogP contribution is 2.31. The Kier molecular flexibility index (Phi) is 3.87. The number of halogens is 1. The first-order valence-corrected chi connectivity index (χ1v) is 5.29. The van der Waals surface area contributed by atoms with Crippen LogP contribution in [0.1, 0.15) is 9.67 Å². The fraction of sp³-hybridized carbons (Fsp3) is 0.286. The van der Waals surface area contributed by atoms with E-state index in [2.05, 4.69) is 5.32 Å². The number of nitrogens with two attached hydrogens (primary N) is 1. The molecule has 1 heterocycles. The van der Waals surface area contributed by atoms with E-state index < -0.39 is 10.8 Å². The summed E-state index contributed by atoms with van der Waals surface area (Å²) in [5.41, 5.74) is 5.14. The number of anilines is 1. The minimum Gasteiger partial charge on any atom is -0.385 e. The Balaban J connectivity index is 2.83. The van der Waals surface area contributed by atoms with Gasteiger partial charge in [-0.25, -0.2) is 0 Å². The molecule has 0 fully saturated rings. The maximum absolute atomic E-state index is 11.4. The zero-order valence-corrected chi connectivity index (χ0v) is 9.10. The Bertz CT molecular complexity index is 393. The molecule has 0 spiro atoms. The minimum absolute atomic E-state index is 0.0241. The van der Waals surface area contributed by atoms with Crippen LogP contribution in [0.5, 0.6) is 0 Å². The summed E-state index contributed by atoms with van der Waals surface area (Å²) in [6, 6.07) is 1.16. The molecule has 0 saturated heterocycles. The molecule has 0 atom stereocenters. The van der Waals surface area contributed by atoms with Crippen molar-refractivity contribution < 1.29 is 9.72 Å². The molecule has 0 aliphatic rings. The molecule has 0 saturated carbocycles. The summed E-state index contributed by atoms with van der Waals surface area (Å²) in [5, 5.41) is 13.0. The van der Waals surface area contributed by atoms with Gasteiger partial charge in [-0.15, -0.1) is 22.9 Å². The topological polar surface area (TPSA) is 98.3 Å². The van der Waals surface area contributed by atoms with E-state index in [1.807, 2.05) is 0 Å². The van der Waals surface area contributed by atoms with Crippen molar-refractivity contribution in [2.75, 3.05) is 18.2 Å². The van der Waals surface area contributed by atoms with Crippen LogP contribution in [0.3, 0.4) is 0 Å². The van der Waals surface area contributed by atoms with Gasteiger partial charge in [-0.3, -0.25) is 14.9 Å². The number of nitro groups is 1. The smallest absolute Gasteiger partial charge is 0.304 e. The lowest BCUT2D eigenvalue weighted by Gasteiger charge is -1.97. The van der Waals surface area contributed by atoms with E-state index in [9.17, 15) is 14.9 Å². The van der Waals surface area contributed by atoms with Crippen LogP contribution in [0.2, 0.25) is 0 Å².